The number of aryl methyl sites for hydroxylation is 1. The third-order valence-electron chi connectivity index (χ3n) is 5.84. The highest BCUT2D eigenvalue weighted by molar-refractivity contribution is 5.98. The lowest BCUT2D eigenvalue weighted by atomic mass is 9.81. The molecule has 0 unspecified atom stereocenters. The van der Waals surface area contributed by atoms with Crippen molar-refractivity contribution in [1.29, 1.82) is 0 Å². The first-order chi connectivity index (χ1) is 14.5. The van der Waals surface area contributed by atoms with E-state index in [2.05, 4.69) is 20.2 Å². The number of nitrogens with zero attached hydrogens (tertiary/aromatic N) is 7. The van der Waals surface area contributed by atoms with Crippen LogP contribution in [-0.2, 0) is 0 Å². The number of benzene rings is 1. The molecule has 0 radical (unpaired) electrons. The van der Waals surface area contributed by atoms with Crippen LogP contribution in [0.1, 0.15) is 22.5 Å². The summed E-state index contributed by atoms with van der Waals surface area (Å²) in [7, 11) is 0. The van der Waals surface area contributed by atoms with Gasteiger partial charge >= 0.3 is 0 Å². The van der Waals surface area contributed by atoms with E-state index in [1.54, 1.807) is 17.9 Å². The minimum absolute atomic E-state index is 0.0399. The second-order valence-corrected chi connectivity index (χ2v) is 7.58. The van der Waals surface area contributed by atoms with Crippen LogP contribution in [0.3, 0.4) is 0 Å². The summed E-state index contributed by atoms with van der Waals surface area (Å²) in [6.45, 7) is 3.51. The van der Waals surface area contributed by atoms with Gasteiger partial charge in [0.15, 0.2) is 11.6 Å². The first kappa shape index (κ1) is 18.6. The van der Waals surface area contributed by atoms with Crippen LogP contribution >= 0.6 is 0 Å². The number of anilines is 1. The van der Waals surface area contributed by atoms with Crippen LogP contribution in [-0.4, -0.2) is 61.4 Å². The number of hydrogen-bond acceptors (Lipinski definition) is 6. The predicted octanol–water partition coefficient (Wildman–Crippen LogP) is 1.99. The molecule has 2 aromatic heterocycles. The first-order valence-electron chi connectivity index (χ1n) is 9.73. The number of rotatable bonds is 3. The second-order valence-electron chi connectivity index (χ2n) is 7.58. The van der Waals surface area contributed by atoms with Gasteiger partial charge in [0.05, 0.1) is 35.9 Å². The van der Waals surface area contributed by atoms with Crippen molar-refractivity contribution >= 4 is 11.9 Å². The van der Waals surface area contributed by atoms with Gasteiger partial charge in [-0.25, -0.2) is 18.7 Å². The molecule has 2 aliphatic rings. The highest BCUT2D eigenvalue weighted by Gasteiger charge is 2.46. The van der Waals surface area contributed by atoms with Gasteiger partial charge in [0.2, 0.25) is 5.95 Å². The van der Waals surface area contributed by atoms with Crippen molar-refractivity contribution in [2.45, 2.75) is 19.4 Å². The molecule has 2 atom stereocenters. The van der Waals surface area contributed by atoms with E-state index < -0.39 is 11.6 Å². The van der Waals surface area contributed by atoms with Gasteiger partial charge in [-0.05, 0) is 25.5 Å². The topological polar surface area (TPSA) is 80.0 Å². The highest BCUT2D eigenvalue weighted by atomic mass is 19.1. The predicted molar refractivity (Wildman–Crippen MR) is 103 cm³/mol. The van der Waals surface area contributed by atoms with Crippen molar-refractivity contribution in [1.82, 2.24) is 29.9 Å². The van der Waals surface area contributed by atoms with Crippen LogP contribution in [0.2, 0.25) is 0 Å². The van der Waals surface area contributed by atoms with Crippen LogP contribution in [0, 0.1) is 24.5 Å². The van der Waals surface area contributed by atoms with Crippen molar-refractivity contribution in [3.05, 3.63) is 59.7 Å². The van der Waals surface area contributed by atoms with E-state index in [1.165, 1.54) is 30.7 Å². The molecule has 0 spiro atoms. The summed E-state index contributed by atoms with van der Waals surface area (Å²) in [5.41, 5.74) is 0.552. The number of carbonyl (C=O) groups excluding carboxylic acids is 1. The number of para-hydroxylation sites is 1. The first-order valence-corrected chi connectivity index (χ1v) is 9.73. The number of amides is 1. The molecule has 5 rings (SSSR count). The lowest BCUT2D eigenvalue weighted by molar-refractivity contribution is 0.00762. The van der Waals surface area contributed by atoms with Gasteiger partial charge in [0.25, 0.3) is 5.91 Å². The van der Waals surface area contributed by atoms with E-state index in [9.17, 15) is 13.6 Å². The maximum Gasteiger partial charge on any atom is 0.256 e. The van der Waals surface area contributed by atoms with E-state index in [-0.39, 0.29) is 23.2 Å². The third kappa shape index (κ3) is 2.99. The number of hydrogen-bond donors (Lipinski definition) is 0. The van der Waals surface area contributed by atoms with Crippen LogP contribution in [0.25, 0.3) is 5.69 Å². The van der Waals surface area contributed by atoms with E-state index in [0.29, 0.717) is 30.6 Å². The largest absolute Gasteiger partial charge is 0.339 e. The summed E-state index contributed by atoms with van der Waals surface area (Å²) in [6, 6.07) is 4.34. The Hall–Kier alpha value is -3.43. The Morgan fingerprint density at radius 1 is 1.13 bits per heavy atom. The molecule has 8 nitrogen and oxygen atoms in total. The van der Waals surface area contributed by atoms with E-state index in [0.717, 1.165) is 17.8 Å². The van der Waals surface area contributed by atoms with Gasteiger partial charge in [-0.15, -0.1) is 4.80 Å². The summed E-state index contributed by atoms with van der Waals surface area (Å²) >= 11 is 0. The standard InChI is InChI=1S/C20H19F2N7O/c1-12-16(22)9-23-20(26-12)27-8-5-13-10-28(17(13)11-27)19(30)14-3-2-4-15(21)18(14)29-24-6-7-25-29/h2-4,6-7,9,13,17H,5,8,10-11H2,1H3/t13-,17-/m1/s1. The number of carbonyl (C=O) groups is 1. The molecule has 0 saturated carbocycles. The summed E-state index contributed by atoms with van der Waals surface area (Å²) in [5, 5.41) is 7.96. The Kier molecular flexibility index (Phi) is 4.41. The Bertz CT molecular complexity index is 1100. The molecular formula is C20H19F2N7O. The fourth-order valence-electron chi connectivity index (χ4n) is 4.18. The highest BCUT2D eigenvalue weighted by Crippen LogP contribution is 2.35. The number of halogens is 2. The third-order valence-corrected chi connectivity index (χ3v) is 5.84. The minimum atomic E-state index is -0.561. The van der Waals surface area contributed by atoms with E-state index >= 15 is 0 Å². The van der Waals surface area contributed by atoms with Gasteiger partial charge < -0.3 is 9.80 Å². The monoisotopic (exact) mass is 411 g/mol. The number of piperidine rings is 1. The van der Waals surface area contributed by atoms with Gasteiger partial charge in [-0.3, -0.25) is 4.79 Å². The van der Waals surface area contributed by atoms with Crippen molar-refractivity contribution < 1.29 is 13.6 Å². The number of aromatic nitrogens is 5. The summed E-state index contributed by atoms with van der Waals surface area (Å²) in [4.78, 5) is 26.5. The van der Waals surface area contributed by atoms with Crippen LogP contribution in [0.4, 0.5) is 14.7 Å². The maximum absolute atomic E-state index is 14.5. The van der Waals surface area contributed by atoms with Crippen LogP contribution in [0.5, 0.6) is 0 Å². The molecule has 154 valence electrons. The molecule has 0 aliphatic carbocycles. The molecular weight excluding hydrogens is 392 g/mol. The van der Waals surface area contributed by atoms with Crippen molar-refractivity contribution in [2.24, 2.45) is 5.92 Å². The number of fused-ring (bicyclic) bond motifs is 1. The molecule has 10 heteroatoms. The Morgan fingerprint density at radius 3 is 2.70 bits per heavy atom. The van der Waals surface area contributed by atoms with E-state index in [1.807, 2.05) is 4.90 Å². The average Bonchev–Trinajstić information content (AvgIpc) is 3.25. The molecule has 4 heterocycles. The SMILES string of the molecule is Cc1nc(N2CC[C@@H]3CN(C(=O)c4cccc(F)c4-n4nccn4)[C@@H]3C2)ncc1F. The maximum atomic E-state index is 14.5. The quantitative estimate of drug-likeness (QED) is 0.656. The zero-order chi connectivity index (χ0) is 20.8. The normalized spacial score (nSPS) is 20.6. The number of likely N-dealkylation sites (tertiary alicyclic amines) is 1. The second kappa shape index (κ2) is 7.12. The lowest BCUT2D eigenvalue weighted by Crippen LogP contribution is -2.66. The zero-order valence-electron chi connectivity index (χ0n) is 16.2. The van der Waals surface area contributed by atoms with Gasteiger partial charge in [-0.2, -0.15) is 10.2 Å². The molecule has 2 saturated heterocycles. The summed E-state index contributed by atoms with van der Waals surface area (Å²) in [6.07, 6.45) is 4.92. The van der Waals surface area contributed by atoms with Gasteiger partial charge in [0, 0.05) is 25.6 Å². The zero-order valence-corrected chi connectivity index (χ0v) is 16.2. The Balaban J connectivity index is 1.40. The Labute approximate surface area is 171 Å². The lowest BCUT2D eigenvalue weighted by Gasteiger charge is -2.53. The molecule has 0 bridgehead atoms. The Morgan fingerprint density at radius 2 is 1.93 bits per heavy atom. The van der Waals surface area contributed by atoms with Crippen molar-refractivity contribution in [3.8, 4) is 5.69 Å². The fourth-order valence-corrected chi connectivity index (χ4v) is 4.18. The van der Waals surface area contributed by atoms with E-state index in [4.69, 9.17) is 0 Å². The summed E-state index contributed by atoms with van der Waals surface area (Å²) < 4.78 is 28.0. The van der Waals surface area contributed by atoms with Crippen molar-refractivity contribution in [2.75, 3.05) is 24.5 Å². The molecule has 1 aromatic carbocycles. The molecule has 2 fully saturated rings. The average molecular weight is 411 g/mol. The van der Waals surface area contributed by atoms with Crippen molar-refractivity contribution in [3.63, 3.8) is 0 Å². The summed E-state index contributed by atoms with van der Waals surface area (Å²) in [5.74, 6) is -0.443. The molecule has 1 amide bonds. The van der Waals surface area contributed by atoms with Crippen LogP contribution in [0.15, 0.2) is 36.8 Å². The molecule has 30 heavy (non-hydrogen) atoms. The minimum Gasteiger partial charge on any atom is -0.339 e. The molecule has 0 N–H and O–H groups in total. The van der Waals surface area contributed by atoms with Crippen LogP contribution < -0.4 is 4.90 Å². The van der Waals surface area contributed by atoms with Gasteiger partial charge in [0.1, 0.15) is 5.69 Å². The fraction of sp³-hybridized carbons (Fsp3) is 0.350. The smallest absolute Gasteiger partial charge is 0.256 e. The molecule has 2 aliphatic heterocycles. The van der Waals surface area contributed by atoms with Gasteiger partial charge in [-0.1, -0.05) is 6.07 Å². The molecule has 3 aromatic rings.